The molecule has 1 aromatic carbocycles. The topological polar surface area (TPSA) is 67.4 Å². The first-order chi connectivity index (χ1) is 12.1. The van der Waals surface area contributed by atoms with Gasteiger partial charge in [0.2, 0.25) is 5.91 Å². The summed E-state index contributed by atoms with van der Waals surface area (Å²) in [6.07, 6.45) is 1.15. The third-order valence-corrected chi connectivity index (χ3v) is 5.01. The second-order valence-electron chi connectivity index (χ2n) is 7.15. The lowest BCUT2D eigenvalue weighted by atomic mass is 10.1. The molecule has 5 nitrogen and oxygen atoms in total. The van der Waals surface area contributed by atoms with Crippen molar-refractivity contribution in [2.75, 3.05) is 18.5 Å². The zero-order chi connectivity index (χ0) is 19.5. The zero-order valence-electron chi connectivity index (χ0n) is 15.4. The first-order valence-electron chi connectivity index (χ1n) is 8.44. The highest BCUT2D eigenvalue weighted by atomic mass is 35.5. The summed E-state index contributed by atoms with van der Waals surface area (Å²) in [5.74, 6) is -0.260. The molecular weight excluding hydrogens is 375 g/mol. The van der Waals surface area contributed by atoms with E-state index in [1.807, 2.05) is 45.9 Å². The number of allylic oxidation sites excluding steroid dienone is 1. The minimum absolute atomic E-state index is 0.0148. The van der Waals surface area contributed by atoms with E-state index >= 15 is 0 Å². The predicted molar refractivity (Wildman–Crippen MR) is 104 cm³/mol. The second-order valence-corrected chi connectivity index (χ2v) is 8.16. The van der Waals surface area contributed by atoms with E-state index in [2.05, 4.69) is 10.6 Å². The van der Waals surface area contributed by atoms with Crippen molar-refractivity contribution in [2.45, 2.75) is 27.7 Å². The summed E-state index contributed by atoms with van der Waals surface area (Å²) in [5.41, 5.74) is 2.53. The van der Waals surface area contributed by atoms with Gasteiger partial charge >= 0.3 is 6.09 Å². The first kappa shape index (κ1) is 20.6. The summed E-state index contributed by atoms with van der Waals surface area (Å²) in [4.78, 5) is 24.1. The van der Waals surface area contributed by atoms with E-state index in [-0.39, 0.29) is 40.8 Å². The van der Waals surface area contributed by atoms with Crippen molar-refractivity contribution in [3.8, 4) is 0 Å². The Kier molecular flexibility index (Phi) is 6.58. The van der Waals surface area contributed by atoms with Gasteiger partial charge in [-0.25, -0.2) is 4.79 Å². The number of ether oxygens (including phenoxy) is 1. The number of aryl methyl sites for hydroxylation is 2. The fourth-order valence-corrected chi connectivity index (χ4v) is 3.34. The van der Waals surface area contributed by atoms with Gasteiger partial charge in [-0.2, -0.15) is 0 Å². The molecule has 2 amide bonds. The van der Waals surface area contributed by atoms with Gasteiger partial charge in [0.05, 0.1) is 12.5 Å². The number of nitrogens with one attached hydrogen (secondary N) is 2. The van der Waals surface area contributed by atoms with Crippen molar-refractivity contribution >= 4 is 40.9 Å². The first-order valence-corrected chi connectivity index (χ1v) is 9.20. The van der Waals surface area contributed by atoms with Crippen LogP contribution in [0.3, 0.4) is 0 Å². The van der Waals surface area contributed by atoms with Gasteiger partial charge in [-0.15, -0.1) is 0 Å². The minimum Gasteiger partial charge on any atom is -0.447 e. The Balaban J connectivity index is 1.73. The number of rotatable bonds is 6. The summed E-state index contributed by atoms with van der Waals surface area (Å²) >= 11 is 11.4. The Morgan fingerprint density at radius 3 is 2.62 bits per heavy atom. The molecule has 26 heavy (non-hydrogen) atoms. The van der Waals surface area contributed by atoms with E-state index in [4.69, 9.17) is 27.9 Å². The maximum Gasteiger partial charge on any atom is 0.411 e. The van der Waals surface area contributed by atoms with Crippen molar-refractivity contribution < 1.29 is 14.3 Å². The largest absolute Gasteiger partial charge is 0.447 e. The summed E-state index contributed by atoms with van der Waals surface area (Å²) < 4.78 is 5.29. The monoisotopic (exact) mass is 398 g/mol. The Hall–Kier alpha value is -1.72. The van der Waals surface area contributed by atoms with E-state index in [1.165, 1.54) is 0 Å². The molecule has 0 radical (unpaired) electrons. The lowest BCUT2D eigenvalue weighted by molar-refractivity contribution is -0.123. The number of halogens is 2. The highest BCUT2D eigenvalue weighted by molar-refractivity contribution is 6.55. The van der Waals surface area contributed by atoms with Crippen LogP contribution in [0.2, 0.25) is 0 Å². The molecule has 142 valence electrons. The standard InChI is InChI=1S/C19H24Cl2N2O3/c1-11-5-6-12(2)14(9-11)23-18(25)26-8-7-22-17(24)16-13(10-15(20)21)19(16,3)4/h5-6,9-10,13,16H,7-8H2,1-4H3,(H,22,24)(H,23,25)/t13-,16+/m1/s1. The van der Waals surface area contributed by atoms with E-state index in [0.717, 1.165) is 11.1 Å². The molecule has 0 saturated heterocycles. The van der Waals surface area contributed by atoms with E-state index in [9.17, 15) is 9.59 Å². The molecule has 0 unspecified atom stereocenters. The van der Waals surface area contributed by atoms with Crippen LogP contribution >= 0.6 is 23.2 Å². The van der Waals surface area contributed by atoms with Gasteiger partial charge in [-0.05, 0) is 48.4 Å². The molecule has 0 aliphatic heterocycles. The molecular formula is C19H24Cl2N2O3. The van der Waals surface area contributed by atoms with Gasteiger partial charge < -0.3 is 10.1 Å². The third-order valence-electron chi connectivity index (χ3n) is 4.76. The van der Waals surface area contributed by atoms with Crippen molar-refractivity contribution in [3.63, 3.8) is 0 Å². The highest BCUT2D eigenvalue weighted by Gasteiger charge is 2.60. The maximum atomic E-state index is 12.2. The quantitative estimate of drug-likeness (QED) is 0.690. The van der Waals surface area contributed by atoms with Gasteiger partial charge in [0.1, 0.15) is 11.1 Å². The lowest BCUT2D eigenvalue weighted by Gasteiger charge is -2.11. The molecule has 0 bridgehead atoms. The Morgan fingerprint density at radius 2 is 1.96 bits per heavy atom. The molecule has 1 fully saturated rings. The van der Waals surface area contributed by atoms with Crippen LogP contribution in [0, 0.1) is 31.1 Å². The van der Waals surface area contributed by atoms with E-state index in [0.29, 0.717) is 5.69 Å². The number of benzene rings is 1. The summed E-state index contributed by atoms with van der Waals surface area (Å²) in [7, 11) is 0. The van der Waals surface area contributed by atoms with Crippen LogP contribution < -0.4 is 10.6 Å². The number of hydrogen-bond donors (Lipinski definition) is 2. The normalized spacial score (nSPS) is 20.1. The smallest absolute Gasteiger partial charge is 0.411 e. The molecule has 1 saturated carbocycles. The Labute approximate surface area is 164 Å². The van der Waals surface area contributed by atoms with Gasteiger partial charge in [0.25, 0.3) is 0 Å². The van der Waals surface area contributed by atoms with Gasteiger partial charge in [-0.3, -0.25) is 10.1 Å². The van der Waals surface area contributed by atoms with E-state index in [1.54, 1.807) is 6.08 Å². The summed E-state index contributed by atoms with van der Waals surface area (Å²) in [6.45, 7) is 8.17. The average molecular weight is 399 g/mol. The number of hydrogen-bond acceptors (Lipinski definition) is 3. The van der Waals surface area contributed by atoms with Crippen molar-refractivity contribution in [1.82, 2.24) is 5.32 Å². The third kappa shape index (κ3) is 5.15. The fourth-order valence-electron chi connectivity index (χ4n) is 3.07. The highest BCUT2D eigenvalue weighted by Crippen LogP contribution is 2.59. The van der Waals surface area contributed by atoms with Crippen molar-refractivity contribution in [2.24, 2.45) is 17.3 Å². The predicted octanol–water partition coefficient (Wildman–Crippen LogP) is 4.56. The molecule has 2 N–H and O–H groups in total. The Morgan fingerprint density at radius 1 is 1.27 bits per heavy atom. The molecule has 0 heterocycles. The van der Waals surface area contributed by atoms with Crippen LogP contribution in [-0.2, 0) is 9.53 Å². The number of amides is 2. The van der Waals surface area contributed by atoms with Crippen molar-refractivity contribution in [3.05, 3.63) is 39.9 Å². The number of carbonyl (C=O) groups is 2. The number of carbonyl (C=O) groups excluding carboxylic acids is 2. The molecule has 0 aromatic heterocycles. The minimum atomic E-state index is -0.547. The average Bonchev–Trinajstić information content (AvgIpc) is 3.07. The van der Waals surface area contributed by atoms with Crippen LogP contribution in [0.15, 0.2) is 28.8 Å². The van der Waals surface area contributed by atoms with Crippen LogP contribution in [0.1, 0.15) is 25.0 Å². The van der Waals surface area contributed by atoms with E-state index < -0.39 is 6.09 Å². The van der Waals surface area contributed by atoms with Crippen molar-refractivity contribution in [1.29, 1.82) is 0 Å². The maximum absolute atomic E-state index is 12.2. The fraction of sp³-hybridized carbons (Fsp3) is 0.474. The van der Waals surface area contributed by atoms with Crippen LogP contribution in [0.25, 0.3) is 0 Å². The summed E-state index contributed by atoms with van der Waals surface area (Å²) in [5, 5.41) is 5.49. The molecule has 2 rings (SSSR count). The zero-order valence-corrected chi connectivity index (χ0v) is 16.9. The molecule has 0 spiro atoms. The van der Waals surface area contributed by atoms with Gasteiger partial charge in [-0.1, -0.05) is 49.2 Å². The SMILES string of the molecule is Cc1ccc(C)c(NC(=O)OCCNC(=O)[C@@H]2[C@@H](C=C(Cl)Cl)C2(C)C)c1. The molecule has 1 aliphatic rings. The van der Waals surface area contributed by atoms with Crippen LogP contribution in [-0.4, -0.2) is 25.2 Å². The lowest BCUT2D eigenvalue weighted by Crippen LogP contribution is -2.31. The Bertz CT molecular complexity index is 727. The molecule has 1 aliphatic carbocycles. The molecule has 2 atom stereocenters. The number of anilines is 1. The molecule has 7 heteroatoms. The second kappa shape index (κ2) is 8.31. The van der Waals surface area contributed by atoms with Gasteiger partial charge in [0, 0.05) is 5.69 Å². The molecule has 1 aromatic rings. The summed E-state index contributed by atoms with van der Waals surface area (Å²) in [6, 6.07) is 5.78. The van der Waals surface area contributed by atoms with Crippen LogP contribution in [0.4, 0.5) is 10.5 Å². The van der Waals surface area contributed by atoms with Crippen LogP contribution in [0.5, 0.6) is 0 Å². The van der Waals surface area contributed by atoms with Gasteiger partial charge in [0.15, 0.2) is 0 Å².